The van der Waals surface area contributed by atoms with E-state index in [9.17, 15) is 14.4 Å². The van der Waals surface area contributed by atoms with Crippen LogP contribution in [0.2, 0.25) is 0 Å². The molecule has 0 saturated carbocycles. The van der Waals surface area contributed by atoms with Crippen LogP contribution in [0.15, 0.2) is 40.4 Å². The quantitative estimate of drug-likeness (QED) is 0.512. The van der Waals surface area contributed by atoms with E-state index in [0.29, 0.717) is 17.1 Å². The molecule has 0 aliphatic carbocycles. The Morgan fingerprint density at radius 3 is 2.62 bits per heavy atom. The van der Waals surface area contributed by atoms with Crippen molar-refractivity contribution < 1.29 is 23.5 Å². The van der Waals surface area contributed by atoms with E-state index in [-0.39, 0.29) is 5.70 Å². The van der Waals surface area contributed by atoms with Crippen molar-refractivity contribution in [3.8, 4) is 11.3 Å². The summed E-state index contributed by atoms with van der Waals surface area (Å²) < 4.78 is 10.4. The van der Waals surface area contributed by atoms with E-state index in [1.54, 1.807) is 30.3 Å². The molecule has 0 spiro atoms. The highest BCUT2D eigenvalue weighted by molar-refractivity contribution is 6.13. The minimum Gasteiger partial charge on any atom is -0.465 e. The highest BCUT2D eigenvalue weighted by Gasteiger charge is 2.23. The molecule has 2 heterocycles. The van der Waals surface area contributed by atoms with Crippen molar-refractivity contribution in [1.82, 2.24) is 10.6 Å². The first-order valence-electron chi connectivity index (χ1n) is 7.11. The van der Waals surface area contributed by atoms with Crippen LogP contribution in [0.25, 0.3) is 17.4 Å². The largest absolute Gasteiger partial charge is 0.465 e. The van der Waals surface area contributed by atoms with Crippen molar-refractivity contribution in [2.24, 2.45) is 0 Å². The van der Waals surface area contributed by atoms with Gasteiger partial charge in [-0.05, 0) is 36.8 Å². The molecule has 2 aromatic rings. The molecule has 0 radical (unpaired) electrons. The second kappa shape index (κ2) is 6.04. The summed E-state index contributed by atoms with van der Waals surface area (Å²) in [6.07, 6.45) is 1.43. The average Bonchev–Trinajstić information content (AvgIpc) is 3.14. The fraction of sp³-hybridized carbons (Fsp3) is 0.118. The minimum atomic E-state index is -0.570. The third-order valence-corrected chi connectivity index (χ3v) is 3.56. The fourth-order valence-corrected chi connectivity index (χ4v) is 2.33. The van der Waals surface area contributed by atoms with Crippen LogP contribution in [0, 0.1) is 6.92 Å². The number of ether oxygens (including phenoxy) is 1. The Morgan fingerprint density at radius 2 is 1.96 bits per heavy atom. The molecule has 1 saturated heterocycles. The topological polar surface area (TPSA) is 97.6 Å². The van der Waals surface area contributed by atoms with Gasteiger partial charge in [0.15, 0.2) is 0 Å². The predicted octanol–water partition coefficient (Wildman–Crippen LogP) is 2.22. The average molecular weight is 326 g/mol. The Bertz CT molecular complexity index is 879. The van der Waals surface area contributed by atoms with Gasteiger partial charge in [-0.2, -0.15) is 0 Å². The number of urea groups is 1. The Morgan fingerprint density at radius 1 is 1.17 bits per heavy atom. The molecule has 7 nitrogen and oxygen atoms in total. The maximum Gasteiger partial charge on any atom is 0.337 e. The number of methoxy groups -OCH3 is 1. The maximum absolute atomic E-state index is 11.7. The molecule has 2 N–H and O–H groups in total. The van der Waals surface area contributed by atoms with Gasteiger partial charge in [-0.3, -0.25) is 10.1 Å². The van der Waals surface area contributed by atoms with Gasteiger partial charge in [0.05, 0.1) is 12.7 Å². The van der Waals surface area contributed by atoms with Crippen LogP contribution in [0.4, 0.5) is 4.79 Å². The Balaban J connectivity index is 1.94. The lowest BCUT2D eigenvalue weighted by Crippen LogP contribution is -2.22. The Hall–Kier alpha value is -3.35. The number of imide groups is 1. The second-order valence-corrected chi connectivity index (χ2v) is 5.19. The Labute approximate surface area is 137 Å². The first-order valence-corrected chi connectivity index (χ1v) is 7.11. The standard InChI is InChI=1S/C17H14N2O5/c1-9-3-4-10(16(21)23-2)7-12(9)14-6-5-11(24-14)8-13-15(20)19-17(22)18-13/h3-8H,1-2H3,(H2,18,19,20,22)/b13-8+. The first kappa shape index (κ1) is 15.5. The summed E-state index contributed by atoms with van der Waals surface area (Å²) in [6, 6.07) is 7.98. The monoisotopic (exact) mass is 326 g/mol. The van der Waals surface area contributed by atoms with Crippen molar-refractivity contribution in [2.75, 3.05) is 7.11 Å². The number of hydrogen-bond donors (Lipinski definition) is 2. The number of aryl methyl sites for hydroxylation is 1. The number of furan rings is 1. The summed E-state index contributed by atoms with van der Waals surface area (Å²) in [5, 5.41) is 4.50. The van der Waals surface area contributed by atoms with Gasteiger partial charge in [0, 0.05) is 11.6 Å². The lowest BCUT2D eigenvalue weighted by molar-refractivity contribution is -0.115. The summed E-state index contributed by atoms with van der Waals surface area (Å²) in [5.41, 5.74) is 2.18. The van der Waals surface area contributed by atoms with E-state index in [1.165, 1.54) is 13.2 Å². The maximum atomic E-state index is 11.7. The molecular formula is C17H14N2O5. The molecule has 3 amide bonds. The molecule has 1 aromatic carbocycles. The van der Waals surface area contributed by atoms with Gasteiger partial charge in [-0.25, -0.2) is 9.59 Å². The van der Waals surface area contributed by atoms with Gasteiger partial charge >= 0.3 is 12.0 Å². The number of carbonyl (C=O) groups excluding carboxylic acids is 3. The van der Waals surface area contributed by atoms with E-state index in [4.69, 9.17) is 9.15 Å². The molecule has 24 heavy (non-hydrogen) atoms. The van der Waals surface area contributed by atoms with E-state index in [2.05, 4.69) is 10.6 Å². The molecule has 0 atom stereocenters. The summed E-state index contributed by atoms with van der Waals surface area (Å²) in [5.74, 6) is -0.00707. The molecule has 1 aromatic heterocycles. The number of rotatable bonds is 3. The van der Waals surface area contributed by atoms with Gasteiger partial charge in [0.25, 0.3) is 5.91 Å². The highest BCUT2D eigenvalue weighted by atomic mass is 16.5. The Kier molecular flexibility index (Phi) is 3.91. The number of benzene rings is 1. The highest BCUT2D eigenvalue weighted by Crippen LogP contribution is 2.27. The van der Waals surface area contributed by atoms with Crippen LogP contribution in [0.5, 0.6) is 0 Å². The van der Waals surface area contributed by atoms with E-state index < -0.39 is 17.9 Å². The van der Waals surface area contributed by atoms with Crippen LogP contribution in [0.3, 0.4) is 0 Å². The van der Waals surface area contributed by atoms with Gasteiger partial charge in [0.2, 0.25) is 0 Å². The van der Waals surface area contributed by atoms with Crippen molar-refractivity contribution in [3.63, 3.8) is 0 Å². The molecule has 3 rings (SSSR count). The van der Waals surface area contributed by atoms with Crippen molar-refractivity contribution in [1.29, 1.82) is 0 Å². The molecule has 1 aliphatic rings. The summed E-state index contributed by atoms with van der Waals surface area (Å²) in [7, 11) is 1.32. The van der Waals surface area contributed by atoms with Gasteiger partial charge < -0.3 is 14.5 Å². The van der Waals surface area contributed by atoms with Crippen molar-refractivity contribution in [2.45, 2.75) is 6.92 Å². The fourth-order valence-electron chi connectivity index (χ4n) is 2.33. The number of esters is 1. The van der Waals surface area contributed by atoms with Crippen LogP contribution in [-0.2, 0) is 9.53 Å². The molecule has 1 aliphatic heterocycles. The molecular weight excluding hydrogens is 312 g/mol. The molecule has 122 valence electrons. The molecule has 0 unspecified atom stereocenters. The van der Waals surface area contributed by atoms with Crippen LogP contribution < -0.4 is 10.6 Å². The second-order valence-electron chi connectivity index (χ2n) is 5.19. The van der Waals surface area contributed by atoms with Crippen molar-refractivity contribution >= 4 is 24.0 Å². The smallest absolute Gasteiger partial charge is 0.337 e. The lowest BCUT2D eigenvalue weighted by atomic mass is 10.0. The minimum absolute atomic E-state index is 0.112. The number of amides is 3. The van der Waals surface area contributed by atoms with Gasteiger partial charge in [0.1, 0.15) is 17.2 Å². The summed E-state index contributed by atoms with van der Waals surface area (Å²) in [6.45, 7) is 1.89. The van der Waals surface area contributed by atoms with Crippen molar-refractivity contribution in [3.05, 3.63) is 52.9 Å². The van der Waals surface area contributed by atoms with Crippen LogP contribution in [-0.4, -0.2) is 25.0 Å². The zero-order chi connectivity index (χ0) is 17.3. The third-order valence-electron chi connectivity index (χ3n) is 3.56. The predicted molar refractivity (Wildman–Crippen MR) is 84.9 cm³/mol. The number of carbonyl (C=O) groups is 3. The third kappa shape index (κ3) is 2.91. The van der Waals surface area contributed by atoms with Crippen LogP contribution >= 0.6 is 0 Å². The van der Waals surface area contributed by atoms with Gasteiger partial charge in [-0.1, -0.05) is 6.07 Å². The molecule has 0 bridgehead atoms. The number of nitrogens with one attached hydrogen (secondary N) is 2. The lowest BCUT2D eigenvalue weighted by Gasteiger charge is -2.05. The normalized spacial score (nSPS) is 15.3. The zero-order valence-corrected chi connectivity index (χ0v) is 13.0. The zero-order valence-electron chi connectivity index (χ0n) is 13.0. The first-order chi connectivity index (χ1) is 11.5. The van der Waals surface area contributed by atoms with E-state index in [0.717, 1.165) is 11.1 Å². The van der Waals surface area contributed by atoms with E-state index >= 15 is 0 Å². The number of hydrogen-bond acceptors (Lipinski definition) is 5. The van der Waals surface area contributed by atoms with E-state index in [1.807, 2.05) is 6.92 Å². The molecule has 7 heteroatoms. The molecule has 1 fully saturated rings. The SMILES string of the molecule is COC(=O)c1ccc(C)c(-c2ccc(/C=C3/NC(=O)NC3=O)o2)c1. The summed E-state index contributed by atoms with van der Waals surface area (Å²) >= 11 is 0. The van der Waals surface area contributed by atoms with Gasteiger partial charge in [-0.15, -0.1) is 0 Å². The van der Waals surface area contributed by atoms with Crippen LogP contribution in [0.1, 0.15) is 21.7 Å². The summed E-state index contributed by atoms with van der Waals surface area (Å²) in [4.78, 5) is 34.3.